The number of fused-ring (bicyclic) bond motifs is 1. The second-order valence-electron chi connectivity index (χ2n) is 9.41. The standard InChI is InChI=1S/C28H31Br2N3O5/c1-4-36-24-12-19(22(30)14-25(24)37-16-26(34)38-17(2)3)15-31-33-27(18-8-6-5-7-9-18)32-23-11-10-20(29)13-21(23)28(33)35/h10-15,17-18H,4-9,16H2,1-3H3. The number of ether oxygens (including phenoxy) is 3. The van der Waals surface area contributed by atoms with E-state index in [-0.39, 0.29) is 24.2 Å². The maximum Gasteiger partial charge on any atom is 0.344 e. The first-order valence-electron chi connectivity index (χ1n) is 12.8. The van der Waals surface area contributed by atoms with Crippen molar-refractivity contribution in [2.75, 3.05) is 13.2 Å². The van der Waals surface area contributed by atoms with Crippen molar-refractivity contribution < 1.29 is 19.0 Å². The number of halogens is 2. The molecule has 38 heavy (non-hydrogen) atoms. The number of esters is 1. The quantitative estimate of drug-likeness (QED) is 0.192. The van der Waals surface area contributed by atoms with Crippen LogP contribution in [0.3, 0.4) is 0 Å². The summed E-state index contributed by atoms with van der Waals surface area (Å²) in [6.07, 6.45) is 6.76. The van der Waals surface area contributed by atoms with E-state index in [2.05, 4.69) is 37.0 Å². The van der Waals surface area contributed by atoms with Gasteiger partial charge in [0.15, 0.2) is 18.1 Å². The molecule has 1 aromatic heterocycles. The predicted molar refractivity (Wildman–Crippen MR) is 155 cm³/mol. The lowest BCUT2D eigenvalue weighted by Crippen LogP contribution is -2.25. The van der Waals surface area contributed by atoms with Gasteiger partial charge in [-0.1, -0.05) is 35.2 Å². The normalized spacial score (nSPS) is 14.4. The molecule has 0 bridgehead atoms. The van der Waals surface area contributed by atoms with Crippen LogP contribution in [0.25, 0.3) is 10.9 Å². The van der Waals surface area contributed by atoms with E-state index in [1.165, 1.54) is 11.1 Å². The van der Waals surface area contributed by atoms with Gasteiger partial charge in [-0.2, -0.15) is 9.78 Å². The third kappa shape index (κ3) is 6.83. The Labute approximate surface area is 238 Å². The topological polar surface area (TPSA) is 92.0 Å². The zero-order valence-corrected chi connectivity index (χ0v) is 24.9. The van der Waals surface area contributed by atoms with Crippen LogP contribution in [0, 0.1) is 0 Å². The highest BCUT2D eigenvalue weighted by atomic mass is 79.9. The van der Waals surface area contributed by atoms with Crippen molar-refractivity contribution in [2.45, 2.75) is 64.9 Å². The SMILES string of the molecule is CCOc1cc(C=Nn2c(C3CCCCC3)nc3ccc(Br)cc3c2=O)c(Br)cc1OCC(=O)OC(C)C. The van der Waals surface area contributed by atoms with Crippen LogP contribution in [0.15, 0.2) is 49.2 Å². The molecule has 8 nitrogen and oxygen atoms in total. The van der Waals surface area contributed by atoms with Gasteiger partial charge < -0.3 is 14.2 Å². The predicted octanol–water partition coefficient (Wildman–Crippen LogP) is 6.58. The molecule has 0 amide bonds. The first-order valence-corrected chi connectivity index (χ1v) is 14.4. The summed E-state index contributed by atoms with van der Waals surface area (Å²) in [5.41, 5.74) is 1.14. The van der Waals surface area contributed by atoms with E-state index in [1.54, 1.807) is 38.3 Å². The number of hydrogen-bond donors (Lipinski definition) is 0. The Kier molecular flexibility index (Phi) is 9.59. The molecule has 0 atom stereocenters. The molecule has 1 heterocycles. The molecule has 0 radical (unpaired) electrons. The summed E-state index contributed by atoms with van der Waals surface area (Å²) in [5.74, 6) is 1.24. The molecule has 4 rings (SSSR count). The lowest BCUT2D eigenvalue weighted by molar-refractivity contribution is -0.149. The molecule has 202 valence electrons. The van der Waals surface area contributed by atoms with Gasteiger partial charge in [-0.15, -0.1) is 0 Å². The van der Waals surface area contributed by atoms with Crippen molar-refractivity contribution >= 4 is 54.9 Å². The average Bonchev–Trinajstić information content (AvgIpc) is 2.89. The number of nitrogens with zero attached hydrogens (tertiary/aromatic N) is 3. The Hall–Kier alpha value is -2.72. The fraction of sp³-hybridized carbons (Fsp3) is 0.429. The summed E-state index contributed by atoms with van der Waals surface area (Å²) in [6, 6.07) is 9.01. The van der Waals surface area contributed by atoms with E-state index < -0.39 is 5.97 Å². The molecule has 0 unspecified atom stereocenters. The fourth-order valence-electron chi connectivity index (χ4n) is 4.49. The van der Waals surface area contributed by atoms with Gasteiger partial charge in [-0.25, -0.2) is 9.78 Å². The highest BCUT2D eigenvalue weighted by Gasteiger charge is 2.23. The maximum atomic E-state index is 13.6. The van der Waals surface area contributed by atoms with Crippen LogP contribution in [0.4, 0.5) is 0 Å². The van der Waals surface area contributed by atoms with Gasteiger partial charge in [-0.3, -0.25) is 4.79 Å². The van der Waals surface area contributed by atoms with Crippen LogP contribution in [-0.4, -0.2) is 41.2 Å². The zero-order chi connectivity index (χ0) is 27.2. The van der Waals surface area contributed by atoms with Crippen molar-refractivity contribution in [1.29, 1.82) is 0 Å². The minimum Gasteiger partial charge on any atom is -0.490 e. The first-order chi connectivity index (χ1) is 18.3. The Bertz CT molecular complexity index is 1400. The number of carbonyl (C=O) groups is 1. The van der Waals surface area contributed by atoms with Crippen LogP contribution in [0.5, 0.6) is 11.5 Å². The third-order valence-corrected chi connectivity index (χ3v) is 7.37. The van der Waals surface area contributed by atoms with Crippen LogP contribution in [0.2, 0.25) is 0 Å². The Morgan fingerprint density at radius 2 is 1.87 bits per heavy atom. The second kappa shape index (κ2) is 12.9. The first kappa shape index (κ1) is 28.3. The number of carbonyl (C=O) groups excluding carboxylic acids is 1. The van der Waals surface area contributed by atoms with Crippen molar-refractivity contribution in [3.63, 3.8) is 0 Å². The molecule has 0 saturated heterocycles. The van der Waals surface area contributed by atoms with Gasteiger partial charge in [0, 0.05) is 20.4 Å². The van der Waals surface area contributed by atoms with E-state index >= 15 is 0 Å². The fourth-order valence-corrected chi connectivity index (χ4v) is 5.27. The molecule has 1 fully saturated rings. The maximum absolute atomic E-state index is 13.6. The summed E-state index contributed by atoms with van der Waals surface area (Å²) in [5, 5.41) is 5.13. The minimum absolute atomic E-state index is 0.172. The summed E-state index contributed by atoms with van der Waals surface area (Å²) in [6.45, 7) is 5.59. The third-order valence-electron chi connectivity index (χ3n) is 6.19. The average molecular weight is 649 g/mol. The molecule has 0 spiro atoms. The van der Waals surface area contributed by atoms with Crippen LogP contribution in [0.1, 0.15) is 70.2 Å². The summed E-state index contributed by atoms with van der Waals surface area (Å²) in [7, 11) is 0. The highest BCUT2D eigenvalue weighted by molar-refractivity contribution is 9.10. The summed E-state index contributed by atoms with van der Waals surface area (Å²) in [4.78, 5) is 30.4. The summed E-state index contributed by atoms with van der Waals surface area (Å²) >= 11 is 7.02. The molecular formula is C28H31Br2N3O5. The summed E-state index contributed by atoms with van der Waals surface area (Å²) < 4.78 is 19.5. The smallest absolute Gasteiger partial charge is 0.344 e. The van der Waals surface area contributed by atoms with Crippen LogP contribution in [-0.2, 0) is 9.53 Å². The van der Waals surface area contributed by atoms with E-state index in [9.17, 15) is 9.59 Å². The Morgan fingerprint density at radius 1 is 1.13 bits per heavy atom. The lowest BCUT2D eigenvalue weighted by atomic mass is 9.88. The second-order valence-corrected chi connectivity index (χ2v) is 11.2. The number of benzene rings is 2. The van der Waals surface area contributed by atoms with Crippen molar-refractivity contribution in [3.8, 4) is 11.5 Å². The molecule has 1 aliphatic rings. The molecule has 3 aromatic rings. The Balaban J connectivity index is 1.71. The number of hydrogen-bond acceptors (Lipinski definition) is 7. The largest absolute Gasteiger partial charge is 0.490 e. The zero-order valence-electron chi connectivity index (χ0n) is 21.7. The van der Waals surface area contributed by atoms with Crippen LogP contribution >= 0.6 is 31.9 Å². The molecule has 10 heteroatoms. The number of aromatic nitrogens is 2. The van der Waals surface area contributed by atoms with Gasteiger partial charge in [0.05, 0.1) is 29.8 Å². The Morgan fingerprint density at radius 3 is 2.58 bits per heavy atom. The van der Waals surface area contributed by atoms with Gasteiger partial charge >= 0.3 is 5.97 Å². The lowest BCUT2D eigenvalue weighted by Gasteiger charge is -2.22. The molecule has 0 aliphatic heterocycles. The molecular weight excluding hydrogens is 618 g/mol. The van der Waals surface area contributed by atoms with E-state index in [0.717, 1.165) is 30.2 Å². The monoisotopic (exact) mass is 647 g/mol. The van der Waals surface area contributed by atoms with Crippen molar-refractivity contribution in [3.05, 3.63) is 61.0 Å². The van der Waals surface area contributed by atoms with E-state index in [0.29, 0.717) is 44.9 Å². The van der Waals surface area contributed by atoms with E-state index in [1.807, 2.05) is 19.1 Å². The molecule has 2 aromatic carbocycles. The highest BCUT2D eigenvalue weighted by Crippen LogP contribution is 2.34. The van der Waals surface area contributed by atoms with Crippen molar-refractivity contribution in [2.24, 2.45) is 5.10 Å². The van der Waals surface area contributed by atoms with Gasteiger partial charge in [0.2, 0.25) is 0 Å². The molecule has 1 saturated carbocycles. The molecule has 1 aliphatic carbocycles. The van der Waals surface area contributed by atoms with Gasteiger partial charge in [0.25, 0.3) is 5.56 Å². The van der Waals surface area contributed by atoms with E-state index in [4.69, 9.17) is 19.2 Å². The van der Waals surface area contributed by atoms with Gasteiger partial charge in [0.1, 0.15) is 5.82 Å². The molecule has 0 N–H and O–H groups in total. The minimum atomic E-state index is -0.464. The number of rotatable bonds is 9. The van der Waals surface area contributed by atoms with Crippen molar-refractivity contribution in [1.82, 2.24) is 9.66 Å². The van der Waals surface area contributed by atoms with Gasteiger partial charge in [-0.05, 0) is 79.9 Å². The van der Waals surface area contributed by atoms with Crippen LogP contribution < -0.4 is 15.0 Å².